The quantitative estimate of drug-likeness (QED) is 0.779. The highest BCUT2D eigenvalue weighted by atomic mass is 16.4. The maximum absolute atomic E-state index is 12.5. The lowest BCUT2D eigenvalue weighted by Gasteiger charge is -2.35. The molecule has 6 nitrogen and oxygen atoms in total. The number of piperazine rings is 1. The van der Waals surface area contributed by atoms with E-state index in [9.17, 15) is 14.7 Å². The Hall–Kier alpha value is -1.40. The predicted molar refractivity (Wildman–Crippen MR) is 79.8 cm³/mol. The van der Waals surface area contributed by atoms with E-state index >= 15 is 0 Å². The molecular weight excluding hydrogens is 270 g/mol. The molecule has 21 heavy (non-hydrogen) atoms. The normalized spacial score (nSPS) is 23.5. The van der Waals surface area contributed by atoms with Crippen LogP contribution >= 0.6 is 0 Å². The van der Waals surface area contributed by atoms with Gasteiger partial charge in [0.05, 0.1) is 6.54 Å². The molecule has 1 amide bonds. The van der Waals surface area contributed by atoms with Crippen molar-refractivity contribution in [3.05, 3.63) is 11.8 Å². The summed E-state index contributed by atoms with van der Waals surface area (Å²) < 4.78 is 0. The third-order valence-corrected chi connectivity index (χ3v) is 4.21. The smallest absolute Gasteiger partial charge is 0.322 e. The number of amides is 1. The van der Waals surface area contributed by atoms with Gasteiger partial charge in [-0.05, 0) is 32.6 Å². The van der Waals surface area contributed by atoms with Gasteiger partial charge < -0.3 is 15.3 Å². The number of aliphatic carboxylic acids is 1. The van der Waals surface area contributed by atoms with Crippen LogP contribution in [0, 0.1) is 0 Å². The van der Waals surface area contributed by atoms with E-state index in [1.54, 1.807) is 4.90 Å². The first-order chi connectivity index (χ1) is 10.1. The van der Waals surface area contributed by atoms with Crippen molar-refractivity contribution in [2.75, 3.05) is 32.7 Å². The van der Waals surface area contributed by atoms with E-state index in [0.29, 0.717) is 19.6 Å². The molecule has 1 saturated heterocycles. The second kappa shape index (κ2) is 7.56. The van der Waals surface area contributed by atoms with Crippen molar-refractivity contribution in [3.8, 4) is 0 Å². The molecule has 0 radical (unpaired) electrons. The van der Waals surface area contributed by atoms with Crippen LogP contribution in [0.3, 0.4) is 0 Å². The number of carboxylic acid groups (broad SMARTS) is 1. The van der Waals surface area contributed by atoms with Crippen molar-refractivity contribution in [2.24, 2.45) is 0 Å². The van der Waals surface area contributed by atoms with E-state index in [1.165, 1.54) is 6.42 Å². The Bertz CT molecular complexity index is 422. The van der Waals surface area contributed by atoms with E-state index in [-0.39, 0.29) is 12.5 Å². The topological polar surface area (TPSA) is 72.9 Å². The molecule has 2 aliphatic rings. The van der Waals surface area contributed by atoms with E-state index in [2.05, 4.69) is 11.4 Å². The van der Waals surface area contributed by atoms with Crippen LogP contribution in [0.25, 0.3) is 0 Å². The molecular formula is C15H25N3O3. The zero-order valence-electron chi connectivity index (χ0n) is 12.7. The molecule has 6 heteroatoms. The third kappa shape index (κ3) is 4.04. The number of carbonyl (C=O) groups excluding carboxylic acids is 1. The molecule has 0 spiro atoms. The summed E-state index contributed by atoms with van der Waals surface area (Å²) in [7, 11) is 0. The van der Waals surface area contributed by atoms with Crippen LogP contribution in [0.2, 0.25) is 0 Å². The zero-order chi connectivity index (χ0) is 15.2. The highest BCUT2D eigenvalue weighted by molar-refractivity contribution is 5.81. The first kappa shape index (κ1) is 16.0. The maximum Gasteiger partial charge on any atom is 0.322 e. The van der Waals surface area contributed by atoms with Crippen molar-refractivity contribution < 1.29 is 14.7 Å². The Morgan fingerprint density at radius 2 is 2.29 bits per heavy atom. The van der Waals surface area contributed by atoms with Gasteiger partial charge in [0.15, 0.2) is 0 Å². The number of likely N-dealkylation sites (N-methyl/N-ethyl adjacent to an activating group) is 1. The maximum atomic E-state index is 12.5. The van der Waals surface area contributed by atoms with Crippen LogP contribution in [-0.2, 0) is 9.59 Å². The summed E-state index contributed by atoms with van der Waals surface area (Å²) in [5, 5.41) is 12.3. The van der Waals surface area contributed by atoms with E-state index in [0.717, 1.165) is 31.5 Å². The second-order valence-corrected chi connectivity index (χ2v) is 5.61. The Kier molecular flexibility index (Phi) is 5.76. The Labute approximate surface area is 125 Å². The molecule has 0 saturated carbocycles. The Balaban J connectivity index is 2.00. The van der Waals surface area contributed by atoms with Gasteiger partial charge in [0, 0.05) is 31.9 Å². The van der Waals surface area contributed by atoms with Crippen LogP contribution in [0.1, 0.15) is 32.6 Å². The fourth-order valence-corrected chi connectivity index (χ4v) is 3.04. The summed E-state index contributed by atoms with van der Waals surface area (Å²) in [4.78, 5) is 27.4. The highest BCUT2D eigenvalue weighted by Gasteiger charge is 2.31. The van der Waals surface area contributed by atoms with Crippen LogP contribution in [0.4, 0.5) is 0 Å². The number of carbonyl (C=O) groups is 2. The number of allylic oxidation sites excluding steroid dienone is 2. The van der Waals surface area contributed by atoms with Gasteiger partial charge in [-0.25, -0.2) is 0 Å². The monoisotopic (exact) mass is 295 g/mol. The second-order valence-electron chi connectivity index (χ2n) is 5.61. The molecule has 1 atom stereocenters. The lowest BCUT2D eigenvalue weighted by Crippen LogP contribution is -2.57. The summed E-state index contributed by atoms with van der Waals surface area (Å²) in [6, 6.07) is -0.609. The molecule has 1 heterocycles. The van der Waals surface area contributed by atoms with Gasteiger partial charge in [0.2, 0.25) is 5.91 Å². The lowest BCUT2D eigenvalue weighted by atomic mass is 10.0. The molecule has 1 aliphatic carbocycles. The fourth-order valence-electron chi connectivity index (χ4n) is 3.04. The average Bonchev–Trinajstić information content (AvgIpc) is 2.49. The van der Waals surface area contributed by atoms with Crippen molar-refractivity contribution in [2.45, 2.75) is 38.6 Å². The van der Waals surface area contributed by atoms with Crippen molar-refractivity contribution >= 4 is 11.9 Å². The Morgan fingerprint density at radius 1 is 1.48 bits per heavy atom. The summed E-state index contributed by atoms with van der Waals surface area (Å²) in [5.74, 6) is -0.853. The fraction of sp³-hybridized carbons (Fsp3) is 0.733. The molecule has 1 aliphatic heterocycles. The number of carboxylic acids is 1. The molecule has 2 rings (SSSR count). The SMILES string of the molecule is CCN(C(=O)CN1CCNCC1C(=O)O)C1=CCCCC1. The van der Waals surface area contributed by atoms with Crippen molar-refractivity contribution in [1.82, 2.24) is 15.1 Å². The van der Waals surface area contributed by atoms with Gasteiger partial charge in [-0.1, -0.05) is 6.08 Å². The number of nitrogens with zero attached hydrogens (tertiary/aromatic N) is 2. The van der Waals surface area contributed by atoms with Gasteiger partial charge in [-0.15, -0.1) is 0 Å². The van der Waals surface area contributed by atoms with E-state index in [1.807, 2.05) is 11.8 Å². The summed E-state index contributed by atoms with van der Waals surface area (Å²) in [5.41, 5.74) is 1.11. The van der Waals surface area contributed by atoms with Crippen LogP contribution in [0.15, 0.2) is 11.8 Å². The minimum Gasteiger partial charge on any atom is -0.480 e. The van der Waals surface area contributed by atoms with Crippen molar-refractivity contribution in [1.29, 1.82) is 0 Å². The van der Waals surface area contributed by atoms with Crippen molar-refractivity contribution in [3.63, 3.8) is 0 Å². The molecule has 118 valence electrons. The van der Waals surface area contributed by atoms with Crippen LogP contribution in [-0.4, -0.2) is 65.5 Å². The third-order valence-electron chi connectivity index (χ3n) is 4.21. The van der Waals surface area contributed by atoms with E-state index < -0.39 is 12.0 Å². The summed E-state index contributed by atoms with van der Waals surface area (Å²) in [6.45, 7) is 4.53. The van der Waals surface area contributed by atoms with Crippen LogP contribution < -0.4 is 5.32 Å². The minimum absolute atomic E-state index is 0.0128. The largest absolute Gasteiger partial charge is 0.480 e. The lowest BCUT2D eigenvalue weighted by molar-refractivity contribution is -0.145. The van der Waals surface area contributed by atoms with Gasteiger partial charge in [-0.3, -0.25) is 14.5 Å². The van der Waals surface area contributed by atoms with Gasteiger partial charge in [-0.2, -0.15) is 0 Å². The molecule has 0 aromatic heterocycles. The number of hydrogen-bond acceptors (Lipinski definition) is 4. The number of nitrogens with one attached hydrogen (secondary N) is 1. The molecule has 0 bridgehead atoms. The molecule has 0 aromatic carbocycles. The molecule has 0 aromatic rings. The predicted octanol–water partition coefficient (Wildman–Crippen LogP) is 0.651. The standard InChI is InChI=1S/C15H25N3O3/c1-2-18(12-6-4-3-5-7-12)14(19)11-17-9-8-16-10-13(17)15(20)21/h6,13,16H,2-5,7-11H2,1H3,(H,20,21). The van der Waals surface area contributed by atoms with Gasteiger partial charge in [0.1, 0.15) is 6.04 Å². The van der Waals surface area contributed by atoms with E-state index in [4.69, 9.17) is 0 Å². The number of rotatable bonds is 5. The first-order valence-electron chi connectivity index (χ1n) is 7.80. The van der Waals surface area contributed by atoms with Gasteiger partial charge >= 0.3 is 5.97 Å². The zero-order valence-corrected chi connectivity index (χ0v) is 12.7. The minimum atomic E-state index is -0.866. The highest BCUT2D eigenvalue weighted by Crippen LogP contribution is 2.21. The summed E-state index contributed by atoms with van der Waals surface area (Å²) in [6.07, 6.45) is 6.44. The Morgan fingerprint density at radius 3 is 2.90 bits per heavy atom. The van der Waals surface area contributed by atoms with Crippen LogP contribution in [0.5, 0.6) is 0 Å². The number of hydrogen-bond donors (Lipinski definition) is 2. The first-order valence-corrected chi connectivity index (χ1v) is 7.80. The molecule has 1 fully saturated rings. The molecule has 1 unspecified atom stereocenters. The molecule has 2 N–H and O–H groups in total. The average molecular weight is 295 g/mol. The van der Waals surface area contributed by atoms with Gasteiger partial charge in [0.25, 0.3) is 0 Å². The summed E-state index contributed by atoms with van der Waals surface area (Å²) >= 11 is 0.